The Morgan fingerprint density at radius 1 is 1.05 bits per heavy atom. The molecule has 8 atom stereocenters. The molecule has 0 aliphatic carbocycles. The second-order valence-electron chi connectivity index (χ2n) is 11.2. The third kappa shape index (κ3) is 6.20. The highest BCUT2D eigenvalue weighted by Gasteiger charge is 2.85. The zero-order chi connectivity index (χ0) is 33.0. The number of hydrogen-bond donors (Lipinski definition) is 5. The molecule has 3 rings (SSSR count). The normalized spacial score (nSPS) is 30.5. The predicted molar refractivity (Wildman–Crippen MR) is 148 cm³/mol. The lowest BCUT2D eigenvalue weighted by molar-refractivity contribution is -0.374. The van der Waals surface area contributed by atoms with Gasteiger partial charge in [-0.1, -0.05) is 57.2 Å². The summed E-state index contributed by atoms with van der Waals surface area (Å²) in [6, 6.07) is 9.28. The molecule has 0 amide bonds. The Morgan fingerprint density at radius 2 is 1.68 bits per heavy atom. The van der Waals surface area contributed by atoms with Crippen LogP contribution in [0, 0.1) is 5.92 Å². The van der Waals surface area contributed by atoms with Crippen LogP contribution in [-0.4, -0.2) is 96.8 Å². The average Bonchev–Trinajstić information content (AvgIpc) is 3.17. The van der Waals surface area contributed by atoms with Crippen LogP contribution < -0.4 is 0 Å². The summed E-state index contributed by atoms with van der Waals surface area (Å²) in [5, 5.41) is 52.8. The maximum Gasteiger partial charge on any atom is 0.344 e. The van der Waals surface area contributed by atoms with E-state index >= 15 is 0 Å². The highest BCUT2D eigenvalue weighted by atomic mass is 16.8. The third-order valence-corrected chi connectivity index (χ3v) is 8.00. The van der Waals surface area contributed by atoms with Gasteiger partial charge in [0.25, 0.3) is 0 Å². The Balaban J connectivity index is 2.02. The van der Waals surface area contributed by atoms with E-state index < -0.39 is 77.7 Å². The molecular formula is C30H38O14. The van der Waals surface area contributed by atoms with Gasteiger partial charge in [0, 0.05) is 25.7 Å². The SMILES string of the molecule is C=C(CC[C@@]12O[C@H](C(=O)O)[C@@](O)(C(=O)O)[C@@](C(=O)O)(O1)[C@H](OC(=O)CCCC)[C@H]2O)C(OC(C)=O)C(C)Cc1ccccc1. The summed E-state index contributed by atoms with van der Waals surface area (Å²) in [5.74, 6) is -11.3. The van der Waals surface area contributed by atoms with E-state index in [0.29, 0.717) is 19.3 Å². The number of ether oxygens (including phenoxy) is 4. The summed E-state index contributed by atoms with van der Waals surface area (Å²) in [6.45, 7) is 8.75. The molecule has 2 saturated heterocycles. The van der Waals surface area contributed by atoms with Gasteiger partial charge in [-0.05, 0) is 30.4 Å². The number of hydrogen-bond acceptors (Lipinski definition) is 11. The van der Waals surface area contributed by atoms with Crippen molar-refractivity contribution in [3.05, 3.63) is 48.0 Å². The van der Waals surface area contributed by atoms with Gasteiger partial charge in [0.15, 0.2) is 6.10 Å². The van der Waals surface area contributed by atoms with Crippen molar-refractivity contribution in [2.45, 2.75) is 101 Å². The maximum atomic E-state index is 12.8. The Labute approximate surface area is 253 Å². The number of carboxylic acids is 3. The van der Waals surface area contributed by atoms with Gasteiger partial charge < -0.3 is 44.5 Å². The molecule has 44 heavy (non-hydrogen) atoms. The van der Waals surface area contributed by atoms with Gasteiger partial charge in [0.05, 0.1) is 0 Å². The third-order valence-electron chi connectivity index (χ3n) is 8.00. The second-order valence-corrected chi connectivity index (χ2v) is 11.2. The molecule has 1 aromatic rings. The fourth-order valence-corrected chi connectivity index (χ4v) is 5.82. The number of carboxylic acid groups (broad SMARTS) is 3. The van der Waals surface area contributed by atoms with Gasteiger partial charge in [-0.25, -0.2) is 14.4 Å². The van der Waals surface area contributed by atoms with Crippen LogP contribution in [0.25, 0.3) is 0 Å². The van der Waals surface area contributed by atoms with E-state index in [1.54, 1.807) is 13.8 Å². The molecule has 14 nitrogen and oxygen atoms in total. The van der Waals surface area contributed by atoms with Crippen LogP contribution in [0.5, 0.6) is 0 Å². The van der Waals surface area contributed by atoms with Gasteiger partial charge in [-0.3, -0.25) is 9.59 Å². The van der Waals surface area contributed by atoms with Crippen molar-refractivity contribution in [1.82, 2.24) is 0 Å². The number of unbranched alkanes of at least 4 members (excludes halogenated alkanes) is 1. The van der Waals surface area contributed by atoms with E-state index in [1.165, 1.54) is 6.92 Å². The minimum Gasteiger partial charge on any atom is -0.479 e. The number of benzene rings is 1. The zero-order valence-corrected chi connectivity index (χ0v) is 24.6. The standard InChI is InChI=1S/C30H38O14/c1-5-6-12-20(32)42-23-22(33)28(43-24(25(34)35)29(40,26(36)37)30(23,44-28)27(38)39)14-13-16(2)21(41-18(4)31)17(3)15-19-10-8-7-9-11-19/h7-11,17,21-24,33,40H,2,5-6,12-15H2,1,3-4H3,(H,34,35)(H,36,37)(H,38,39)/t17?,21?,22-,23-,24-,28-,29-,30-/m1/s1. The fraction of sp³-hybridized carbons (Fsp3) is 0.567. The van der Waals surface area contributed by atoms with Gasteiger partial charge >= 0.3 is 29.8 Å². The molecule has 14 heteroatoms. The highest BCUT2D eigenvalue weighted by Crippen LogP contribution is 2.56. The van der Waals surface area contributed by atoms with Crippen LogP contribution >= 0.6 is 0 Å². The number of aliphatic carboxylic acids is 3. The topological polar surface area (TPSA) is 223 Å². The van der Waals surface area contributed by atoms with Crippen LogP contribution in [0.15, 0.2) is 42.5 Å². The predicted octanol–water partition coefficient (Wildman–Crippen LogP) is 1.45. The van der Waals surface area contributed by atoms with Gasteiger partial charge in [0.1, 0.15) is 12.2 Å². The smallest absolute Gasteiger partial charge is 0.344 e. The average molecular weight is 623 g/mol. The molecule has 0 aromatic heterocycles. The van der Waals surface area contributed by atoms with Crippen LogP contribution in [-0.2, 0) is 49.3 Å². The summed E-state index contributed by atoms with van der Waals surface area (Å²) in [6.07, 6.45) is -8.10. The van der Waals surface area contributed by atoms with E-state index in [1.807, 2.05) is 30.3 Å². The van der Waals surface area contributed by atoms with E-state index in [2.05, 4.69) is 6.58 Å². The fourth-order valence-electron chi connectivity index (χ4n) is 5.82. The van der Waals surface area contributed by atoms with Crippen molar-refractivity contribution in [3.63, 3.8) is 0 Å². The van der Waals surface area contributed by atoms with Crippen LogP contribution in [0.2, 0.25) is 0 Å². The number of aliphatic hydroxyl groups is 2. The Kier molecular flexibility index (Phi) is 10.6. The van der Waals surface area contributed by atoms with Crippen molar-refractivity contribution in [1.29, 1.82) is 0 Å². The maximum absolute atomic E-state index is 12.8. The molecule has 0 saturated carbocycles. The lowest BCUT2D eigenvalue weighted by Crippen LogP contribution is -2.78. The first-order valence-electron chi connectivity index (χ1n) is 14.1. The number of fused-ring (bicyclic) bond motifs is 2. The van der Waals surface area contributed by atoms with E-state index in [4.69, 9.17) is 18.9 Å². The number of carbonyl (C=O) groups excluding carboxylic acids is 2. The number of aliphatic hydroxyl groups excluding tert-OH is 1. The molecular weight excluding hydrogens is 584 g/mol. The molecule has 2 aliphatic heterocycles. The van der Waals surface area contributed by atoms with E-state index in [0.717, 1.165) is 5.56 Å². The van der Waals surface area contributed by atoms with Gasteiger partial charge in [-0.15, -0.1) is 0 Å². The van der Waals surface area contributed by atoms with E-state index in [9.17, 15) is 49.5 Å². The Morgan fingerprint density at radius 3 is 2.20 bits per heavy atom. The molecule has 5 N–H and O–H groups in total. The molecule has 2 fully saturated rings. The molecule has 2 aliphatic rings. The van der Waals surface area contributed by atoms with Gasteiger partial charge in [0.2, 0.25) is 23.1 Å². The lowest BCUT2D eigenvalue weighted by Gasteiger charge is -2.48. The van der Waals surface area contributed by atoms with Crippen LogP contribution in [0.1, 0.15) is 58.4 Å². The van der Waals surface area contributed by atoms with Crippen LogP contribution in [0.3, 0.4) is 0 Å². The number of rotatable bonds is 15. The molecule has 2 bridgehead atoms. The molecule has 242 valence electrons. The highest BCUT2D eigenvalue weighted by molar-refractivity contribution is 5.98. The van der Waals surface area contributed by atoms with E-state index in [-0.39, 0.29) is 24.3 Å². The zero-order valence-electron chi connectivity index (χ0n) is 24.6. The number of carbonyl (C=O) groups is 5. The molecule has 2 unspecified atom stereocenters. The Bertz CT molecular complexity index is 1280. The van der Waals surface area contributed by atoms with Crippen LogP contribution in [0.4, 0.5) is 0 Å². The quantitative estimate of drug-likeness (QED) is 0.138. The molecule has 0 radical (unpaired) electrons. The first-order chi connectivity index (χ1) is 20.6. The van der Waals surface area contributed by atoms with Crippen molar-refractivity contribution in [2.75, 3.05) is 0 Å². The molecule has 0 spiro atoms. The monoisotopic (exact) mass is 622 g/mol. The summed E-state index contributed by atoms with van der Waals surface area (Å²) < 4.78 is 21.8. The Hall–Kier alpha value is -3.85. The molecule has 1 aromatic carbocycles. The summed E-state index contributed by atoms with van der Waals surface area (Å²) in [7, 11) is 0. The largest absolute Gasteiger partial charge is 0.479 e. The lowest BCUT2D eigenvalue weighted by atomic mass is 9.74. The molecule has 2 heterocycles. The second kappa shape index (κ2) is 13.4. The first-order valence-corrected chi connectivity index (χ1v) is 14.1. The first kappa shape index (κ1) is 34.6. The minimum atomic E-state index is -3.86. The van der Waals surface area contributed by atoms with Crippen molar-refractivity contribution >= 4 is 29.8 Å². The van der Waals surface area contributed by atoms with Crippen molar-refractivity contribution in [2.24, 2.45) is 5.92 Å². The summed E-state index contributed by atoms with van der Waals surface area (Å²) in [4.78, 5) is 62.0. The van der Waals surface area contributed by atoms with Crippen molar-refractivity contribution < 1.29 is 68.5 Å². The van der Waals surface area contributed by atoms with Crippen molar-refractivity contribution in [3.8, 4) is 0 Å². The number of esters is 2. The summed E-state index contributed by atoms with van der Waals surface area (Å²) in [5.41, 5.74) is -6.17. The minimum absolute atomic E-state index is 0.224. The van der Waals surface area contributed by atoms with Gasteiger partial charge in [-0.2, -0.15) is 0 Å². The summed E-state index contributed by atoms with van der Waals surface area (Å²) >= 11 is 0.